The van der Waals surface area contributed by atoms with E-state index >= 15 is 0 Å². The Morgan fingerprint density at radius 3 is 2.67 bits per heavy atom. The number of aliphatic carboxylic acids is 1. The first-order valence-corrected chi connectivity index (χ1v) is 5.51. The normalized spacial score (nSPS) is 10.4. The Bertz CT molecular complexity index is 465. The fourth-order valence-electron chi connectivity index (χ4n) is 1.35. The molecule has 0 aromatic heterocycles. The monoisotopic (exact) mass is 271 g/mol. The molecule has 0 unspecified atom stereocenters. The van der Waals surface area contributed by atoms with Crippen molar-refractivity contribution in [2.45, 2.75) is 0 Å². The SMILES string of the molecule is CN(CC(=O)O)CC(=O)Nc1ccc(Cl)c(N)c1. The molecule has 0 aliphatic heterocycles. The standard InChI is InChI=1S/C11H14ClN3O3/c1-15(6-11(17)18)5-10(16)14-7-2-3-8(12)9(13)4-7/h2-4H,5-6,13H2,1H3,(H,14,16)(H,17,18). The fraction of sp³-hybridized carbons (Fsp3) is 0.273. The summed E-state index contributed by atoms with van der Waals surface area (Å²) in [5.41, 5.74) is 6.48. The van der Waals surface area contributed by atoms with Crippen LogP contribution in [0.5, 0.6) is 0 Å². The third-order valence-corrected chi connectivity index (χ3v) is 2.44. The Labute approximate surface area is 109 Å². The van der Waals surface area contributed by atoms with Gasteiger partial charge in [-0.25, -0.2) is 0 Å². The van der Waals surface area contributed by atoms with Gasteiger partial charge in [0.15, 0.2) is 0 Å². The van der Waals surface area contributed by atoms with Crippen LogP contribution in [-0.4, -0.2) is 42.0 Å². The first-order valence-electron chi connectivity index (χ1n) is 5.13. The van der Waals surface area contributed by atoms with Gasteiger partial charge in [-0.1, -0.05) is 11.6 Å². The van der Waals surface area contributed by atoms with Crippen LogP contribution in [0.2, 0.25) is 5.02 Å². The van der Waals surface area contributed by atoms with Gasteiger partial charge < -0.3 is 16.2 Å². The molecule has 0 bridgehead atoms. The maximum Gasteiger partial charge on any atom is 0.317 e. The first-order chi connectivity index (χ1) is 8.38. The Balaban J connectivity index is 2.54. The summed E-state index contributed by atoms with van der Waals surface area (Å²) in [4.78, 5) is 23.4. The van der Waals surface area contributed by atoms with E-state index in [-0.39, 0.29) is 19.0 Å². The van der Waals surface area contributed by atoms with Crippen molar-refractivity contribution in [1.82, 2.24) is 4.90 Å². The van der Waals surface area contributed by atoms with Gasteiger partial charge in [-0.2, -0.15) is 0 Å². The van der Waals surface area contributed by atoms with Gasteiger partial charge in [-0.05, 0) is 25.2 Å². The minimum atomic E-state index is -0.985. The molecule has 1 amide bonds. The number of nitrogens with zero attached hydrogens (tertiary/aromatic N) is 1. The summed E-state index contributed by atoms with van der Waals surface area (Å²) >= 11 is 5.75. The molecular formula is C11H14ClN3O3. The molecule has 0 aliphatic rings. The quantitative estimate of drug-likeness (QED) is 0.691. The predicted octanol–water partition coefficient (Wildman–Crippen LogP) is 0.877. The molecule has 18 heavy (non-hydrogen) atoms. The molecule has 0 fully saturated rings. The molecule has 4 N–H and O–H groups in total. The number of rotatable bonds is 5. The summed E-state index contributed by atoms with van der Waals surface area (Å²) < 4.78 is 0. The summed E-state index contributed by atoms with van der Waals surface area (Å²) in [5, 5.41) is 11.6. The molecule has 0 saturated heterocycles. The van der Waals surface area contributed by atoms with Gasteiger partial charge in [-0.3, -0.25) is 14.5 Å². The largest absolute Gasteiger partial charge is 0.480 e. The molecular weight excluding hydrogens is 258 g/mol. The van der Waals surface area contributed by atoms with E-state index in [4.69, 9.17) is 22.4 Å². The number of amides is 1. The second-order valence-electron chi connectivity index (χ2n) is 3.85. The third-order valence-electron chi connectivity index (χ3n) is 2.10. The van der Waals surface area contributed by atoms with Crippen LogP contribution in [0.1, 0.15) is 0 Å². The number of carboxylic acid groups (broad SMARTS) is 1. The van der Waals surface area contributed by atoms with E-state index in [2.05, 4.69) is 5.32 Å². The van der Waals surface area contributed by atoms with Crippen LogP contribution in [-0.2, 0) is 9.59 Å². The molecule has 1 aromatic carbocycles. The second-order valence-corrected chi connectivity index (χ2v) is 4.26. The fourth-order valence-corrected chi connectivity index (χ4v) is 1.47. The Hall–Kier alpha value is -1.79. The van der Waals surface area contributed by atoms with E-state index < -0.39 is 5.97 Å². The Morgan fingerprint density at radius 2 is 2.11 bits per heavy atom. The lowest BCUT2D eigenvalue weighted by molar-refractivity contribution is -0.138. The summed E-state index contributed by atoms with van der Waals surface area (Å²) in [5.74, 6) is -1.30. The summed E-state index contributed by atoms with van der Waals surface area (Å²) in [7, 11) is 1.55. The van der Waals surface area contributed by atoms with Crippen LogP contribution < -0.4 is 11.1 Å². The summed E-state index contributed by atoms with van der Waals surface area (Å²) in [6.45, 7) is -0.217. The third kappa shape index (κ3) is 4.60. The lowest BCUT2D eigenvalue weighted by Gasteiger charge is -2.13. The van der Waals surface area contributed by atoms with Crippen molar-refractivity contribution in [3.8, 4) is 0 Å². The summed E-state index contributed by atoms with van der Waals surface area (Å²) in [6.07, 6.45) is 0. The average molecular weight is 272 g/mol. The Kier molecular flexibility index (Phi) is 4.94. The van der Waals surface area contributed by atoms with Crippen molar-refractivity contribution in [2.24, 2.45) is 0 Å². The molecule has 0 atom stereocenters. The van der Waals surface area contributed by atoms with E-state index in [1.807, 2.05) is 0 Å². The molecule has 0 spiro atoms. The maximum atomic E-state index is 11.6. The van der Waals surface area contributed by atoms with Gasteiger partial charge in [0.2, 0.25) is 5.91 Å². The number of carbonyl (C=O) groups is 2. The van der Waals surface area contributed by atoms with Gasteiger partial charge in [0.1, 0.15) is 0 Å². The average Bonchev–Trinajstić information content (AvgIpc) is 2.21. The van der Waals surface area contributed by atoms with Crippen molar-refractivity contribution in [3.63, 3.8) is 0 Å². The molecule has 0 saturated carbocycles. The molecule has 7 heteroatoms. The van der Waals surface area contributed by atoms with Gasteiger partial charge >= 0.3 is 5.97 Å². The number of benzene rings is 1. The molecule has 1 rings (SSSR count). The van der Waals surface area contributed by atoms with Crippen LogP contribution >= 0.6 is 11.6 Å². The van der Waals surface area contributed by atoms with Crippen molar-refractivity contribution in [2.75, 3.05) is 31.2 Å². The zero-order valence-corrected chi connectivity index (χ0v) is 10.6. The van der Waals surface area contributed by atoms with Crippen LogP contribution in [0, 0.1) is 0 Å². The lowest BCUT2D eigenvalue weighted by Crippen LogP contribution is -2.33. The number of likely N-dealkylation sites (N-methyl/N-ethyl adjacent to an activating group) is 1. The van der Waals surface area contributed by atoms with Crippen molar-refractivity contribution < 1.29 is 14.7 Å². The maximum absolute atomic E-state index is 11.6. The van der Waals surface area contributed by atoms with Gasteiger partial charge in [0.25, 0.3) is 0 Å². The van der Waals surface area contributed by atoms with Crippen molar-refractivity contribution in [1.29, 1.82) is 0 Å². The van der Waals surface area contributed by atoms with E-state index in [9.17, 15) is 9.59 Å². The van der Waals surface area contributed by atoms with Crippen LogP contribution in [0.4, 0.5) is 11.4 Å². The number of hydrogen-bond acceptors (Lipinski definition) is 4. The highest BCUT2D eigenvalue weighted by Crippen LogP contribution is 2.22. The molecule has 0 heterocycles. The minimum absolute atomic E-state index is 0.0190. The Morgan fingerprint density at radius 1 is 1.44 bits per heavy atom. The number of nitrogen functional groups attached to an aromatic ring is 1. The van der Waals surface area contributed by atoms with Crippen molar-refractivity contribution in [3.05, 3.63) is 23.2 Å². The number of carboxylic acids is 1. The van der Waals surface area contributed by atoms with Gasteiger partial charge in [0.05, 0.1) is 23.8 Å². The molecule has 1 aromatic rings. The van der Waals surface area contributed by atoms with E-state index in [0.29, 0.717) is 16.4 Å². The van der Waals surface area contributed by atoms with E-state index in [0.717, 1.165) is 0 Å². The van der Waals surface area contributed by atoms with Crippen molar-refractivity contribution >= 4 is 34.9 Å². The summed E-state index contributed by atoms with van der Waals surface area (Å²) in [6, 6.07) is 4.73. The molecule has 98 valence electrons. The lowest BCUT2D eigenvalue weighted by atomic mass is 10.3. The highest BCUT2D eigenvalue weighted by Gasteiger charge is 2.10. The number of halogens is 1. The van der Waals surface area contributed by atoms with Crippen LogP contribution in [0.25, 0.3) is 0 Å². The number of anilines is 2. The van der Waals surface area contributed by atoms with E-state index in [1.54, 1.807) is 19.2 Å². The molecule has 0 aliphatic carbocycles. The number of carbonyl (C=O) groups excluding carboxylic acids is 1. The number of nitrogens with two attached hydrogens (primary N) is 1. The van der Waals surface area contributed by atoms with Crippen LogP contribution in [0.15, 0.2) is 18.2 Å². The van der Waals surface area contributed by atoms with Crippen LogP contribution in [0.3, 0.4) is 0 Å². The zero-order chi connectivity index (χ0) is 13.7. The minimum Gasteiger partial charge on any atom is -0.480 e. The highest BCUT2D eigenvalue weighted by atomic mass is 35.5. The van der Waals surface area contributed by atoms with E-state index in [1.165, 1.54) is 11.0 Å². The number of nitrogens with one attached hydrogen (secondary N) is 1. The smallest absolute Gasteiger partial charge is 0.317 e. The molecule has 6 nitrogen and oxygen atoms in total. The second kappa shape index (κ2) is 6.23. The van der Waals surface area contributed by atoms with Gasteiger partial charge in [-0.15, -0.1) is 0 Å². The first kappa shape index (κ1) is 14.3. The number of hydrogen-bond donors (Lipinski definition) is 3. The predicted molar refractivity (Wildman–Crippen MR) is 69.6 cm³/mol. The topological polar surface area (TPSA) is 95.7 Å². The zero-order valence-electron chi connectivity index (χ0n) is 9.81. The molecule has 0 radical (unpaired) electrons. The highest BCUT2D eigenvalue weighted by molar-refractivity contribution is 6.33. The van der Waals surface area contributed by atoms with Gasteiger partial charge in [0, 0.05) is 5.69 Å².